The van der Waals surface area contributed by atoms with Gasteiger partial charge in [0.05, 0.1) is 5.92 Å². The van der Waals surface area contributed by atoms with Crippen molar-refractivity contribution in [1.29, 1.82) is 0 Å². The van der Waals surface area contributed by atoms with E-state index in [0.717, 1.165) is 24.2 Å². The maximum Gasteiger partial charge on any atom is 0.393 e. The third-order valence-corrected chi connectivity index (χ3v) is 3.99. The van der Waals surface area contributed by atoms with Crippen LogP contribution in [0.4, 0.5) is 18.9 Å². The first-order chi connectivity index (χ1) is 9.86. The first-order valence-electron chi connectivity index (χ1n) is 7.43. The van der Waals surface area contributed by atoms with Gasteiger partial charge >= 0.3 is 6.18 Å². The summed E-state index contributed by atoms with van der Waals surface area (Å²) in [5.74, 6) is -1.23. The van der Waals surface area contributed by atoms with Gasteiger partial charge in [-0.3, -0.25) is 0 Å². The van der Waals surface area contributed by atoms with Gasteiger partial charge in [-0.2, -0.15) is 13.2 Å². The molecule has 1 fully saturated rings. The first kappa shape index (κ1) is 16.1. The molecule has 0 aromatic heterocycles. The molecule has 21 heavy (non-hydrogen) atoms. The lowest BCUT2D eigenvalue weighted by Crippen LogP contribution is -2.41. The lowest BCUT2D eigenvalue weighted by molar-refractivity contribution is -0.184. The zero-order valence-electron chi connectivity index (χ0n) is 12.6. The normalized spacial score (nSPS) is 23.3. The SMILES string of the molecule is CN(C)Cc1ccc(NC2CCCCC2C(F)(F)F)cc1. The zero-order valence-corrected chi connectivity index (χ0v) is 12.6. The van der Waals surface area contributed by atoms with E-state index in [1.54, 1.807) is 0 Å². The molecule has 1 aliphatic carbocycles. The van der Waals surface area contributed by atoms with Crippen LogP contribution in [0.2, 0.25) is 0 Å². The molecule has 1 N–H and O–H groups in total. The van der Waals surface area contributed by atoms with Gasteiger partial charge in [-0.1, -0.05) is 25.0 Å². The summed E-state index contributed by atoms with van der Waals surface area (Å²) in [5.41, 5.74) is 1.93. The van der Waals surface area contributed by atoms with Crippen LogP contribution in [0.15, 0.2) is 24.3 Å². The Bertz CT molecular complexity index is 440. The lowest BCUT2D eigenvalue weighted by Gasteiger charge is -2.34. The van der Waals surface area contributed by atoms with Gasteiger partial charge in [0, 0.05) is 18.3 Å². The summed E-state index contributed by atoms with van der Waals surface area (Å²) >= 11 is 0. The predicted octanol–water partition coefficient (Wildman–Crippen LogP) is 4.28. The molecule has 2 unspecified atom stereocenters. The topological polar surface area (TPSA) is 15.3 Å². The Kier molecular flexibility index (Phi) is 5.14. The van der Waals surface area contributed by atoms with Crippen LogP contribution in [0.1, 0.15) is 31.2 Å². The molecular weight excluding hydrogens is 277 g/mol. The van der Waals surface area contributed by atoms with Gasteiger partial charge in [-0.15, -0.1) is 0 Å². The van der Waals surface area contributed by atoms with Gasteiger partial charge < -0.3 is 10.2 Å². The van der Waals surface area contributed by atoms with Crippen molar-refractivity contribution in [1.82, 2.24) is 4.90 Å². The standard InChI is InChI=1S/C16H23F3N2/c1-21(2)11-12-7-9-13(10-8-12)20-15-6-4-3-5-14(15)16(17,18)19/h7-10,14-15,20H,3-6,11H2,1-2H3. The second-order valence-corrected chi connectivity index (χ2v) is 6.12. The van der Waals surface area contributed by atoms with E-state index in [2.05, 4.69) is 10.2 Å². The fourth-order valence-corrected chi connectivity index (χ4v) is 2.98. The molecule has 2 nitrogen and oxygen atoms in total. The number of benzene rings is 1. The molecule has 0 bridgehead atoms. The minimum Gasteiger partial charge on any atom is -0.382 e. The van der Waals surface area contributed by atoms with Gasteiger partial charge in [-0.05, 0) is 44.6 Å². The van der Waals surface area contributed by atoms with Crippen molar-refractivity contribution in [3.63, 3.8) is 0 Å². The van der Waals surface area contributed by atoms with Crippen molar-refractivity contribution in [2.75, 3.05) is 19.4 Å². The van der Waals surface area contributed by atoms with Gasteiger partial charge in [0.2, 0.25) is 0 Å². The van der Waals surface area contributed by atoms with E-state index in [1.165, 1.54) is 0 Å². The predicted molar refractivity (Wildman–Crippen MR) is 79.3 cm³/mol. The number of rotatable bonds is 4. The van der Waals surface area contributed by atoms with E-state index < -0.39 is 18.1 Å². The Morgan fingerprint density at radius 3 is 2.29 bits per heavy atom. The highest BCUT2D eigenvalue weighted by molar-refractivity contribution is 5.45. The van der Waals surface area contributed by atoms with Crippen molar-refractivity contribution in [3.05, 3.63) is 29.8 Å². The quantitative estimate of drug-likeness (QED) is 0.893. The fraction of sp³-hybridized carbons (Fsp3) is 0.625. The number of halogens is 3. The van der Waals surface area contributed by atoms with E-state index >= 15 is 0 Å². The summed E-state index contributed by atoms with van der Waals surface area (Å²) < 4.78 is 39.2. The van der Waals surface area contributed by atoms with Crippen LogP contribution >= 0.6 is 0 Å². The van der Waals surface area contributed by atoms with E-state index in [4.69, 9.17) is 0 Å². The average molecular weight is 300 g/mol. The maximum absolute atomic E-state index is 13.1. The molecule has 0 saturated heterocycles. The zero-order chi connectivity index (χ0) is 15.5. The van der Waals surface area contributed by atoms with Crippen LogP contribution in [0.5, 0.6) is 0 Å². The molecule has 2 atom stereocenters. The van der Waals surface area contributed by atoms with E-state index in [0.29, 0.717) is 12.8 Å². The summed E-state index contributed by atoms with van der Waals surface area (Å²) in [6.45, 7) is 0.828. The second kappa shape index (κ2) is 6.69. The number of anilines is 1. The molecule has 0 amide bonds. The fourth-order valence-electron chi connectivity index (χ4n) is 2.98. The molecule has 1 aromatic rings. The smallest absolute Gasteiger partial charge is 0.382 e. The number of hydrogen-bond donors (Lipinski definition) is 1. The maximum atomic E-state index is 13.1. The van der Waals surface area contributed by atoms with E-state index in [-0.39, 0.29) is 6.42 Å². The van der Waals surface area contributed by atoms with Crippen molar-refractivity contribution in [2.45, 2.75) is 44.4 Å². The summed E-state index contributed by atoms with van der Waals surface area (Å²) in [7, 11) is 3.98. The van der Waals surface area contributed by atoms with Crippen molar-refractivity contribution in [3.8, 4) is 0 Å². The third kappa shape index (κ3) is 4.63. The molecule has 1 saturated carbocycles. The summed E-state index contributed by atoms with van der Waals surface area (Å²) in [6, 6.07) is 7.18. The largest absolute Gasteiger partial charge is 0.393 e. The molecule has 0 spiro atoms. The van der Waals surface area contributed by atoms with Crippen LogP contribution in [0, 0.1) is 5.92 Å². The number of hydrogen-bond acceptors (Lipinski definition) is 2. The number of nitrogens with zero attached hydrogens (tertiary/aromatic N) is 1. The van der Waals surface area contributed by atoms with E-state index in [1.807, 2.05) is 38.4 Å². The first-order valence-corrected chi connectivity index (χ1v) is 7.43. The monoisotopic (exact) mass is 300 g/mol. The molecule has 1 aliphatic rings. The van der Waals surface area contributed by atoms with Gasteiger partial charge in [-0.25, -0.2) is 0 Å². The molecule has 0 radical (unpaired) electrons. The number of nitrogens with one attached hydrogen (secondary N) is 1. The minimum absolute atomic E-state index is 0.236. The van der Waals surface area contributed by atoms with Crippen LogP contribution < -0.4 is 5.32 Å². The Hall–Kier alpha value is -1.23. The molecule has 2 rings (SSSR count). The Morgan fingerprint density at radius 1 is 1.10 bits per heavy atom. The molecule has 0 heterocycles. The summed E-state index contributed by atoms with van der Waals surface area (Å²) in [4.78, 5) is 2.06. The van der Waals surface area contributed by atoms with Gasteiger partial charge in [0.15, 0.2) is 0 Å². The van der Waals surface area contributed by atoms with Crippen LogP contribution in [-0.4, -0.2) is 31.2 Å². The third-order valence-electron chi connectivity index (χ3n) is 3.99. The van der Waals surface area contributed by atoms with Gasteiger partial charge in [0.25, 0.3) is 0 Å². The number of alkyl halides is 3. The second-order valence-electron chi connectivity index (χ2n) is 6.12. The van der Waals surface area contributed by atoms with E-state index in [9.17, 15) is 13.2 Å². The molecule has 0 aliphatic heterocycles. The van der Waals surface area contributed by atoms with Crippen molar-refractivity contribution < 1.29 is 13.2 Å². The molecule has 1 aromatic carbocycles. The summed E-state index contributed by atoms with van der Waals surface area (Å²) in [6.07, 6.45) is -1.75. The highest BCUT2D eigenvalue weighted by Crippen LogP contribution is 2.39. The lowest BCUT2D eigenvalue weighted by atomic mass is 9.84. The molecule has 5 heteroatoms. The minimum atomic E-state index is -4.11. The molecular formula is C16H23F3N2. The summed E-state index contributed by atoms with van der Waals surface area (Å²) in [5, 5.41) is 3.08. The van der Waals surface area contributed by atoms with Crippen molar-refractivity contribution in [2.24, 2.45) is 5.92 Å². The highest BCUT2D eigenvalue weighted by Gasteiger charge is 2.45. The Labute approximate surface area is 124 Å². The Balaban J connectivity index is 2.02. The van der Waals surface area contributed by atoms with Crippen LogP contribution in [0.25, 0.3) is 0 Å². The van der Waals surface area contributed by atoms with Crippen LogP contribution in [-0.2, 0) is 6.54 Å². The molecule has 118 valence electrons. The van der Waals surface area contributed by atoms with Crippen LogP contribution in [0.3, 0.4) is 0 Å². The Morgan fingerprint density at radius 2 is 1.71 bits per heavy atom. The highest BCUT2D eigenvalue weighted by atomic mass is 19.4. The average Bonchev–Trinajstić information content (AvgIpc) is 2.40. The van der Waals surface area contributed by atoms with Crippen molar-refractivity contribution >= 4 is 5.69 Å². The van der Waals surface area contributed by atoms with Gasteiger partial charge in [0.1, 0.15) is 0 Å².